The zero-order valence-corrected chi connectivity index (χ0v) is 6.89. The lowest BCUT2D eigenvalue weighted by Gasteiger charge is -2.09. The summed E-state index contributed by atoms with van der Waals surface area (Å²) in [5.41, 5.74) is 0. The van der Waals surface area contributed by atoms with Crippen LogP contribution in [0.25, 0.3) is 0 Å². The van der Waals surface area contributed by atoms with Crippen LogP contribution in [0, 0.1) is 11.8 Å². The van der Waals surface area contributed by atoms with Crippen molar-refractivity contribution in [2.75, 3.05) is 13.1 Å². The minimum atomic E-state index is 0.260. The van der Waals surface area contributed by atoms with Gasteiger partial charge in [-0.3, -0.25) is 4.79 Å². The molecule has 0 aromatic heterocycles. The van der Waals surface area contributed by atoms with E-state index in [1.165, 1.54) is 0 Å². The van der Waals surface area contributed by atoms with Crippen molar-refractivity contribution < 1.29 is 4.79 Å². The number of rotatable bonds is 1. The molecule has 0 aromatic rings. The Balaban J connectivity index is 2.31. The second-order valence-electron chi connectivity index (χ2n) is 2.63. The number of hydrogen-bond donors (Lipinski definition) is 0. The first kappa shape index (κ1) is 8.13. The molecule has 0 spiro atoms. The maximum atomic E-state index is 11.0. The van der Waals surface area contributed by atoms with Crippen molar-refractivity contribution >= 4 is 5.91 Å². The number of amides is 1. The third-order valence-electron chi connectivity index (χ3n) is 1.74. The highest BCUT2D eigenvalue weighted by atomic mass is 16.2. The maximum Gasteiger partial charge on any atom is 0.223 e. The number of carbonyl (C=O) groups is 1. The van der Waals surface area contributed by atoms with Gasteiger partial charge in [0.25, 0.3) is 0 Å². The maximum absolute atomic E-state index is 11.0. The molecule has 1 amide bonds. The van der Waals surface area contributed by atoms with Gasteiger partial charge in [-0.25, -0.2) is 0 Å². The van der Waals surface area contributed by atoms with E-state index in [9.17, 15) is 4.79 Å². The van der Waals surface area contributed by atoms with E-state index in [0.29, 0.717) is 13.0 Å². The molecular weight excluding hydrogens is 138 g/mol. The minimum absolute atomic E-state index is 0.260. The smallest absolute Gasteiger partial charge is 0.223 e. The summed E-state index contributed by atoms with van der Waals surface area (Å²) in [5.74, 6) is 6.17. The summed E-state index contributed by atoms with van der Waals surface area (Å²) in [5, 5.41) is 0. The molecule has 60 valence electrons. The van der Waals surface area contributed by atoms with Gasteiger partial charge in [0.1, 0.15) is 0 Å². The van der Waals surface area contributed by atoms with Crippen LogP contribution >= 0.6 is 0 Å². The van der Waals surface area contributed by atoms with Crippen LogP contribution in [0.15, 0.2) is 0 Å². The van der Waals surface area contributed by atoms with Crippen molar-refractivity contribution in [3.8, 4) is 11.8 Å². The van der Waals surface area contributed by atoms with Gasteiger partial charge in [0, 0.05) is 19.4 Å². The second kappa shape index (κ2) is 4.02. The van der Waals surface area contributed by atoms with Crippen LogP contribution in [-0.4, -0.2) is 23.9 Å². The Hall–Kier alpha value is -0.970. The zero-order chi connectivity index (χ0) is 8.10. The van der Waals surface area contributed by atoms with Crippen molar-refractivity contribution in [2.24, 2.45) is 0 Å². The summed E-state index contributed by atoms with van der Waals surface area (Å²) < 4.78 is 0. The predicted molar refractivity (Wildman–Crippen MR) is 43.9 cm³/mol. The van der Waals surface area contributed by atoms with E-state index >= 15 is 0 Å². The molecule has 0 saturated carbocycles. The second-order valence-corrected chi connectivity index (χ2v) is 2.63. The first-order chi connectivity index (χ1) is 5.34. The molecule has 1 fully saturated rings. The van der Waals surface area contributed by atoms with Gasteiger partial charge >= 0.3 is 0 Å². The van der Waals surface area contributed by atoms with Crippen molar-refractivity contribution in [1.82, 2.24) is 4.90 Å². The molecule has 1 rings (SSSR count). The highest BCUT2D eigenvalue weighted by Crippen LogP contribution is 2.07. The van der Waals surface area contributed by atoms with E-state index in [2.05, 4.69) is 11.8 Å². The van der Waals surface area contributed by atoms with Gasteiger partial charge in [0.05, 0.1) is 6.54 Å². The molecule has 1 heterocycles. The van der Waals surface area contributed by atoms with Gasteiger partial charge < -0.3 is 4.90 Å². The lowest BCUT2D eigenvalue weighted by molar-refractivity contribution is -0.127. The summed E-state index contributed by atoms with van der Waals surface area (Å²) in [4.78, 5) is 12.8. The van der Waals surface area contributed by atoms with Crippen molar-refractivity contribution in [1.29, 1.82) is 0 Å². The molecule has 0 N–H and O–H groups in total. The molecule has 2 nitrogen and oxygen atoms in total. The number of likely N-dealkylation sites (tertiary alicyclic amines) is 1. The fraction of sp³-hybridized carbons (Fsp3) is 0.667. The highest BCUT2D eigenvalue weighted by Gasteiger charge is 2.18. The van der Waals surface area contributed by atoms with E-state index in [1.807, 2.05) is 11.8 Å². The van der Waals surface area contributed by atoms with Crippen LogP contribution in [0.3, 0.4) is 0 Å². The summed E-state index contributed by atoms with van der Waals surface area (Å²) in [6.45, 7) is 3.54. The van der Waals surface area contributed by atoms with E-state index in [1.54, 1.807) is 0 Å². The number of carbonyl (C=O) groups excluding carboxylic acids is 1. The van der Waals surface area contributed by atoms with Crippen LogP contribution in [0.4, 0.5) is 0 Å². The molecule has 1 saturated heterocycles. The molecule has 2 heteroatoms. The van der Waals surface area contributed by atoms with Gasteiger partial charge in [0.15, 0.2) is 0 Å². The number of nitrogens with zero attached hydrogens (tertiary/aromatic N) is 1. The molecule has 0 aliphatic carbocycles. The van der Waals surface area contributed by atoms with Crippen molar-refractivity contribution in [2.45, 2.75) is 26.2 Å². The quantitative estimate of drug-likeness (QED) is 0.512. The molecule has 1 aliphatic heterocycles. The van der Waals surface area contributed by atoms with Gasteiger partial charge in [-0.05, 0) is 6.42 Å². The van der Waals surface area contributed by atoms with E-state index in [-0.39, 0.29) is 5.91 Å². The van der Waals surface area contributed by atoms with Crippen LogP contribution < -0.4 is 0 Å². The molecule has 0 bridgehead atoms. The molecule has 0 radical (unpaired) electrons. The summed E-state index contributed by atoms with van der Waals surface area (Å²) in [7, 11) is 0. The van der Waals surface area contributed by atoms with E-state index in [0.717, 1.165) is 19.4 Å². The lowest BCUT2D eigenvalue weighted by Crippen LogP contribution is -2.24. The molecule has 0 unspecified atom stereocenters. The van der Waals surface area contributed by atoms with Gasteiger partial charge in [-0.15, -0.1) is 5.92 Å². The molecule has 1 aliphatic rings. The van der Waals surface area contributed by atoms with E-state index < -0.39 is 0 Å². The Morgan fingerprint density at radius 2 is 2.36 bits per heavy atom. The Bertz CT molecular complexity index is 199. The summed E-state index contributed by atoms with van der Waals surface area (Å²) in [6, 6.07) is 0. The first-order valence-corrected chi connectivity index (χ1v) is 4.08. The zero-order valence-electron chi connectivity index (χ0n) is 6.89. The standard InChI is InChI=1S/C9H13NO/c1-2-3-4-7-10-8-5-6-9(10)11/h2,5-8H2,1H3. The average molecular weight is 151 g/mol. The Morgan fingerprint density at radius 1 is 1.55 bits per heavy atom. The average Bonchev–Trinajstić information content (AvgIpc) is 2.37. The number of hydrogen-bond acceptors (Lipinski definition) is 1. The van der Waals surface area contributed by atoms with E-state index in [4.69, 9.17) is 0 Å². The molecule has 0 aromatic carbocycles. The third kappa shape index (κ3) is 2.27. The summed E-state index contributed by atoms with van der Waals surface area (Å²) in [6.07, 6.45) is 2.60. The minimum Gasteiger partial charge on any atom is -0.332 e. The molecular formula is C9H13NO. The fourth-order valence-electron chi connectivity index (χ4n) is 1.15. The van der Waals surface area contributed by atoms with Crippen LogP contribution in [0.1, 0.15) is 26.2 Å². The Morgan fingerprint density at radius 3 is 2.91 bits per heavy atom. The first-order valence-electron chi connectivity index (χ1n) is 4.08. The highest BCUT2D eigenvalue weighted by molar-refractivity contribution is 5.78. The van der Waals surface area contributed by atoms with Crippen LogP contribution in [-0.2, 0) is 4.79 Å². The SMILES string of the molecule is CCC#CCN1CCCC1=O. The lowest BCUT2D eigenvalue weighted by atomic mass is 10.4. The van der Waals surface area contributed by atoms with Crippen molar-refractivity contribution in [3.63, 3.8) is 0 Å². The normalized spacial score (nSPS) is 16.5. The summed E-state index contributed by atoms with van der Waals surface area (Å²) >= 11 is 0. The monoisotopic (exact) mass is 151 g/mol. The molecule has 11 heavy (non-hydrogen) atoms. The van der Waals surface area contributed by atoms with Gasteiger partial charge in [-0.2, -0.15) is 0 Å². The Labute approximate surface area is 67.6 Å². The van der Waals surface area contributed by atoms with Crippen LogP contribution in [0.2, 0.25) is 0 Å². The van der Waals surface area contributed by atoms with Crippen molar-refractivity contribution in [3.05, 3.63) is 0 Å². The third-order valence-corrected chi connectivity index (χ3v) is 1.74. The Kier molecular flexibility index (Phi) is 2.97. The largest absolute Gasteiger partial charge is 0.332 e. The topological polar surface area (TPSA) is 20.3 Å². The fourth-order valence-corrected chi connectivity index (χ4v) is 1.15. The van der Waals surface area contributed by atoms with Crippen LogP contribution in [0.5, 0.6) is 0 Å². The molecule has 0 atom stereocenters. The predicted octanol–water partition coefficient (Wildman–Crippen LogP) is 1.02. The van der Waals surface area contributed by atoms with Gasteiger partial charge in [0.2, 0.25) is 5.91 Å². The van der Waals surface area contributed by atoms with Gasteiger partial charge in [-0.1, -0.05) is 12.8 Å².